The third-order valence-electron chi connectivity index (χ3n) is 3.50. The molecule has 1 aliphatic rings. The van der Waals surface area contributed by atoms with Gasteiger partial charge in [-0.25, -0.2) is 0 Å². The van der Waals surface area contributed by atoms with E-state index < -0.39 is 0 Å². The number of rotatable bonds is 2. The molecule has 1 N–H and O–H groups in total. The summed E-state index contributed by atoms with van der Waals surface area (Å²) < 4.78 is 0. The second kappa shape index (κ2) is 4.90. The number of carbonyl (C=O) groups is 1. The van der Waals surface area contributed by atoms with Gasteiger partial charge >= 0.3 is 0 Å². The Bertz CT molecular complexity index is 397. The molecule has 4 heteroatoms. The van der Waals surface area contributed by atoms with Crippen molar-refractivity contribution in [1.82, 2.24) is 15.1 Å². The number of hydrogen-bond acceptors (Lipinski definition) is 2. The van der Waals surface area contributed by atoms with Gasteiger partial charge in [0.25, 0.3) is 0 Å². The molecule has 0 bridgehead atoms. The Labute approximate surface area is 102 Å². The minimum absolute atomic E-state index is 0.0941. The Balaban J connectivity index is 2.08. The predicted octanol–water partition coefficient (Wildman–Crippen LogP) is 2.08. The molecule has 1 saturated heterocycles. The fraction of sp³-hybridized carbons (Fsp3) is 0.692. The highest BCUT2D eigenvalue weighted by Crippen LogP contribution is 2.27. The molecular formula is C13H21N3O. The Morgan fingerprint density at radius 3 is 2.94 bits per heavy atom. The molecule has 17 heavy (non-hydrogen) atoms. The average molecular weight is 235 g/mol. The van der Waals surface area contributed by atoms with E-state index >= 15 is 0 Å². The van der Waals surface area contributed by atoms with Gasteiger partial charge in [0.05, 0.1) is 6.20 Å². The first kappa shape index (κ1) is 12.1. The molecule has 1 aliphatic heterocycles. The molecule has 0 radical (unpaired) electrons. The predicted molar refractivity (Wildman–Crippen MR) is 66.7 cm³/mol. The van der Waals surface area contributed by atoms with E-state index in [4.69, 9.17) is 0 Å². The smallest absolute Gasteiger partial charge is 0.225 e. The normalized spacial score (nSPS) is 20.9. The monoisotopic (exact) mass is 235 g/mol. The second-order valence-electron chi connectivity index (χ2n) is 5.24. The largest absolute Gasteiger partial charge is 0.342 e. The highest BCUT2D eigenvalue weighted by Gasteiger charge is 2.27. The van der Waals surface area contributed by atoms with Crippen LogP contribution in [0.4, 0.5) is 0 Å². The zero-order valence-corrected chi connectivity index (χ0v) is 10.9. The van der Waals surface area contributed by atoms with Gasteiger partial charge in [-0.3, -0.25) is 9.89 Å². The van der Waals surface area contributed by atoms with Crippen molar-refractivity contribution in [3.8, 4) is 0 Å². The zero-order valence-electron chi connectivity index (χ0n) is 10.9. The quantitative estimate of drug-likeness (QED) is 0.853. The van der Waals surface area contributed by atoms with Crippen LogP contribution in [0.2, 0.25) is 0 Å². The topological polar surface area (TPSA) is 49.0 Å². The Morgan fingerprint density at radius 1 is 1.59 bits per heavy atom. The van der Waals surface area contributed by atoms with Gasteiger partial charge in [-0.1, -0.05) is 13.8 Å². The van der Waals surface area contributed by atoms with Crippen LogP contribution in [0.3, 0.4) is 0 Å². The molecule has 2 heterocycles. The van der Waals surface area contributed by atoms with E-state index in [9.17, 15) is 4.79 Å². The summed E-state index contributed by atoms with van der Waals surface area (Å²) in [5.41, 5.74) is 2.40. The lowest BCUT2D eigenvalue weighted by Crippen LogP contribution is -2.41. The van der Waals surface area contributed by atoms with Crippen molar-refractivity contribution >= 4 is 5.91 Å². The van der Waals surface area contributed by atoms with Gasteiger partial charge in [-0.2, -0.15) is 5.10 Å². The SMILES string of the molecule is Cc1cn[nH]c1[C@H]1CCCN(C(=O)C(C)C)C1. The molecule has 2 rings (SSSR count). The van der Waals surface area contributed by atoms with E-state index in [1.54, 1.807) is 0 Å². The van der Waals surface area contributed by atoms with E-state index in [1.165, 1.54) is 11.3 Å². The number of likely N-dealkylation sites (tertiary alicyclic amines) is 1. The van der Waals surface area contributed by atoms with Crippen LogP contribution < -0.4 is 0 Å². The summed E-state index contributed by atoms with van der Waals surface area (Å²) in [5, 5.41) is 7.15. The molecule has 1 aromatic rings. The minimum Gasteiger partial charge on any atom is -0.342 e. The van der Waals surface area contributed by atoms with Gasteiger partial charge in [-0.05, 0) is 25.3 Å². The number of nitrogens with zero attached hydrogens (tertiary/aromatic N) is 2. The number of carbonyl (C=O) groups excluding carboxylic acids is 1. The van der Waals surface area contributed by atoms with Crippen molar-refractivity contribution in [2.75, 3.05) is 13.1 Å². The maximum Gasteiger partial charge on any atom is 0.225 e. The average Bonchev–Trinajstić information content (AvgIpc) is 2.74. The van der Waals surface area contributed by atoms with E-state index in [0.717, 1.165) is 25.9 Å². The van der Waals surface area contributed by atoms with Gasteiger partial charge in [-0.15, -0.1) is 0 Å². The molecule has 94 valence electrons. The molecule has 1 fully saturated rings. The number of H-pyrrole nitrogens is 1. The number of aromatic amines is 1. The van der Waals surface area contributed by atoms with E-state index in [-0.39, 0.29) is 11.8 Å². The Hall–Kier alpha value is -1.32. The maximum absolute atomic E-state index is 12.0. The van der Waals surface area contributed by atoms with Gasteiger partial charge in [0, 0.05) is 30.6 Å². The van der Waals surface area contributed by atoms with Gasteiger partial charge < -0.3 is 4.90 Å². The van der Waals surface area contributed by atoms with Crippen LogP contribution in [0.1, 0.15) is 43.9 Å². The number of hydrogen-bond donors (Lipinski definition) is 1. The summed E-state index contributed by atoms with van der Waals surface area (Å²) in [4.78, 5) is 14.0. The molecular weight excluding hydrogens is 214 g/mol. The lowest BCUT2D eigenvalue weighted by atomic mass is 9.92. The summed E-state index contributed by atoms with van der Waals surface area (Å²) in [6.07, 6.45) is 4.09. The number of aryl methyl sites for hydroxylation is 1. The molecule has 0 saturated carbocycles. The van der Waals surface area contributed by atoms with E-state index in [0.29, 0.717) is 5.92 Å². The summed E-state index contributed by atoms with van der Waals surface area (Å²) in [5.74, 6) is 0.789. The first-order valence-electron chi connectivity index (χ1n) is 6.38. The lowest BCUT2D eigenvalue weighted by molar-refractivity contribution is -0.135. The number of aromatic nitrogens is 2. The molecule has 0 spiro atoms. The van der Waals surface area contributed by atoms with Crippen LogP contribution in [-0.4, -0.2) is 34.1 Å². The first-order valence-corrected chi connectivity index (χ1v) is 6.38. The summed E-state index contributed by atoms with van der Waals surface area (Å²) in [6.45, 7) is 7.74. The Kier molecular flexibility index (Phi) is 3.50. The lowest BCUT2D eigenvalue weighted by Gasteiger charge is -2.33. The van der Waals surface area contributed by atoms with Crippen LogP contribution in [-0.2, 0) is 4.79 Å². The number of amides is 1. The van der Waals surface area contributed by atoms with Crippen LogP contribution in [0, 0.1) is 12.8 Å². The van der Waals surface area contributed by atoms with Crippen molar-refractivity contribution in [3.63, 3.8) is 0 Å². The van der Waals surface area contributed by atoms with Crippen molar-refractivity contribution in [1.29, 1.82) is 0 Å². The molecule has 1 aromatic heterocycles. The molecule has 1 amide bonds. The van der Waals surface area contributed by atoms with Crippen molar-refractivity contribution in [2.45, 2.75) is 39.5 Å². The number of piperidine rings is 1. The minimum atomic E-state index is 0.0941. The maximum atomic E-state index is 12.0. The zero-order chi connectivity index (χ0) is 12.4. The summed E-state index contributed by atoms with van der Waals surface area (Å²) in [7, 11) is 0. The molecule has 0 unspecified atom stereocenters. The van der Waals surface area contributed by atoms with Crippen LogP contribution in [0.5, 0.6) is 0 Å². The van der Waals surface area contributed by atoms with Gasteiger partial charge in [0.15, 0.2) is 0 Å². The van der Waals surface area contributed by atoms with Crippen molar-refractivity contribution in [3.05, 3.63) is 17.5 Å². The molecule has 1 atom stereocenters. The van der Waals surface area contributed by atoms with Gasteiger partial charge in [0.2, 0.25) is 5.91 Å². The van der Waals surface area contributed by atoms with Crippen LogP contribution in [0.25, 0.3) is 0 Å². The van der Waals surface area contributed by atoms with E-state index in [2.05, 4.69) is 17.1 Å². The fourth-order valence-corrected chi connectivity index (χ4v) is 2.55. The third kappa shape index (κ3) is 2.51. The second-order valence-corrected chi connectivity index (χ2v) is 5.24. The first-order chi connectivity index (χ1) is 8.09. The summed E-state index contributed by atoms with van der Waals surface area (Å²) >= 11 is 0. The highest BCUT2D eigenvalue weighted by atomic mass is 16.2. The number of nitrogens with one attached hydrogen (secondary N) is 1. The van der Waals surface area contributed by atoms with E-state index in [1.807, 2.05) is 24.9 Å². The van der Waals surface area contributed by atoms with Crippen molar-refractivity contribution < 1.29 is 4.79 Å². The summed E-state index contributed by atoms with van der Waals surface area (Å²) in [6, 6.07) is 0. The fourth-order valence-electron chi connectivity index (χ4n) is 2.55. The molecule has 0 aromatic carbocycles. The van der Waals surface area contributed by atoms with Gasteiger partial charge in [0.1, 0.15) is 0 Å². The standard InChI is InChI=1S/C13H21N3O/c1-9(2)13(17)16-6-4-5-11(8-16)12-10(3)7-14-15-12/h7,9,11H,4-6,8H2,1-3H3,(H,14,15)/t11-/m0/s1. The third-order valence-corrected chi connectivity index (χ3v) is 3.50. The van der Waals surface area contributed by atoms with Crippen LogP contribution in [0.15, 0.2) is 6.20 Å². The molecule has 4 nitrogen and oxygen atoms in total. The molecule has 0 aliphatic carbocycles. The Morgan fingerprint density at radius 2 is 2.35 bits per heavy atom. The van der Waals surface area contributed by atoms with Crippen LogP contribution >= 0.6 is 0 Å². The highest BCUT2D eigenvalue weighted by molar-refractivity contribution is 5.78. The van der Waals surface area contributed by atoms with Crippen molar-refractivity contribution in [2.24, 2.45) is 5.92 Å².